The van der Waals surface area contributed by atoms with Gasteiger partial charge >= 0.3 is 0 Å². The molecule has 0 aliphatic heterocycles. The van der Waals surface area contributed by atoms with Crippen LogP contribution in [0.5, 0.6) is 5.75 Å². The van der Waals surface area contributed by atoms with Crippen LogP contribution in [0.25, 0.3) is 0 Å². The Kier molecular flexibility index (Phi) is 4.45. The first-order valence-corrected chi connectivity index (χ1v) is 6.47. The van der Waals surface area contributed by atoms with Crippen LogP contribution < -0.4 is 10.1 Å². The molecular formula is C14H17ClN2O2. The molecule has 0 saturated carbocycles. The van der Waals surface area contributed by atoms with Crippen LogP contribution in [-0.2, 0) is 13.2 Å². The lowest BCUT2D eigenvalue weighted by Gasteiger charge is -2.12. The average Bonchev–Trinajstić information content (AvgIpc) is 2.70. The normalized spacial score (nSPS) is 10.7. The van der Waals surface area contributed by atoms with E-state index in [4.69, 9.17) is 20.9 Å². The number of ether oxygens (including phenoxy) is 1. The lowest BCUT2D eigenvalue weighted by molar-refractivity contribution is 0.298. The van der Waals surface area contributed by atoms with Crippen LogP contribution >= 0.6 is 11.6 Å². The van der Waals surface area contributed by atoms with E-state index < -0.39 is 0 Å². The predicted molar refractivity (Wildman–Crippen MR) is 74.5 cm³/mol. The van der Waals surface area contributed by atoms with E-state index in [1.165, 1.54) is 0 Å². The first-order chi connectivity index (χ1) is 9.13. The number of halogens is 1. The van der Waals surface area contributed by atoms with Gasteiger partial charge in [-0.05, 0) is 33.0 Å². The van der Waals surface area contributed by atoms with E-state index in [0.717, 1.165) is 28.3 Å². The second-order valence-electron chi connectivity index (χ2n) is 4.34. The highest BCUT2D eigenvalue weighted by Gasteiger charge is 2.12. The van der Waals surface area contributed by atoms with E-state index in [9.17, 15) is 0 Å². The molecule has 0 bridgehead atoms. The molecule has 0 fully saturated rings. The van der Waals surface area contributed by atoms with E-state index >= 15 is 0 Å². The molecule has 2 aromatic rings. The number of nitrogens with zero attached hydrogens (tertiary/aromatic N) is 1. The molecule has 0 radical (unpaired) electrons. The van der Waals surface area contributed by atoms with Crippen molar-refractivity contribution in [2.24, 2.45) is 0 Å². The molecule has 5 heteroatoms. The molecule has 102 valence electrons. The molecule has 1 N–H and O–H groups in total. The van der Waals surface area contributed by atoms with Gasteiger partial charge in [0.15, 0.2) is 0 Å². The Morgan fingerprint density at radius 3 is 2.74 bits per heavy atom. The van der Waals surface area contributed by atoms with Crippen LogP contribution in [0.1, 0.15) is 22.6 Å². The van der Waals surface area contributed by atoms with Gasteiger partial charge in [-0.25, -0.2) is 0 Å². The lowest BCUT2D eigenvalue weighted by atomic mass is 10.2. The van der Waals surface area contributed by atoms with Gasteiger partial charge in [-0.15, -0.1) is 0 Å². The first-order valence-electron chi connectivity index (χ1n) is 6.10. The number of nitrogens with one attached hydrogen (secondary N) is 1. The summed E-state index contributed by atoms with van der Waals surface area (Å²) in [7, 11) is 1.88. The van der Waals surface area contributed by atoms with Crippen molar-refractivity contribution in [1.29, 1.82) is 0 Å². The fourth-order valence-electron chi connectivity index (χ4n) is 1.88. The van der Waals surface area contributed by atoms with Gasteiger partial charge < -0.3 is 14.6 Å². The van der Waals surface area contributed by atoms with E-state index in [-0.39, 0.29) is 0 Å². The van der Waals surface area contributed by atoms with Gasteiger partial charge in [0.2, 0.25) is 0 Å². The molecule has 1 aromatic carbocycles. The van der Waals surface area contributed by atoms with Gasteiger partial charge in [0.05, 0.1) is 11.3 Å². The third-order valence-corrected chi connectivity index (χ3v) is 3.34. The predicted octanol–water partition coefficient (Wildman–Crippen LogP) is 3.24. The van der Waals surface area contributed by atoms with Crippen molar-refractivity contribution in [1.82, 2.24) is 10.5 Å². The minimum Gasteiger partial charge on any atom is -0.488 e. The summed E-state index contributed by atoms with van der Waals surface area (Å²) in [5, 5.41) is 7.70. The van der Waals surface area contributed by atoms with Crippen molar-refractivity contribution in [2.45, 2.75) is 27.0 Å². The van der Waals surface area contributed by atoms with Crippen LogP contribution in [0.4, 0.5) is 0 Å². The molecule has 0 unspecified atom stereocenters. The van der Waals surface area contributed by atoms with E-state index in [1.54, 1.807) is 0 Å². The summed E-state index contributed by atoms with van der Waals surface area (Å²) in [6.07, 6.45) is 0. The second kappa shape index (κ2) is 6.08. The van der Waals surface area contributed by atoms with Crippen molar-refractivity contribution in [3.63, 3.8) is 0 Å². The molecule has 0 atom stereocenters. The molecule has 19 heavy (non-hydrogen) atoms. The average molecular weight is 281 g/mol. The summed E-state index contributed by atoms with van der Waals surface area (Å²) in [6.45, 7) is 4.88. The highest BCUT2D eigenvalue weighted by molar-refractivity contribution is 6.31. The van der Waals surface area contributed by atoms with Crippen LogP contribution in [0.3, 0.4) is 0 Å². The smallest absolute Gasteiger partial charge is 0.140 e. The zero-order valence-corrected chi connectivity index (χ0v) is 12.0. The van der Waals surface area contributed by atoms with E-state index in [0.29, 0.717) is 18.2 Å². The molecule has 1 heterocycles. The number of rotatable bonds is 5. The van der Waals surface area contributed by atoms with Crippen LogP contribution in [-0.4, -0.2) is 12.2 Å². The monoisotopic (exact) mass is 280 g/mol. The summed E-state index contributed by atoms with van der Waals surface area (Å²) >= 11 is 6.18. The number of hydrogen-bond acceptors (Lipinski definition) is 4. The van der Waals surface area contributed by atoms with Gasteiger partial charge in [-0.1, -0.05) is 22.8 Å². The number of aryl methyl sites for hydroxylation is 2. The zero-order chi connectivity index (χ0) is 13.8. The van der Waals surface area contributed by atoms with E-state index in [2.05, 4.69) is 10.5 Å². The zero-order valence-electron chi connectivity index (χ0n) is 11.3. The molecule has 0 spiro atoms. The maximum atomic E-state index is 6.18. The number of aromatic nitrogens is 1. The van der Waals surface area contributed by atoms with Gasteiger partial charge in [0.1, 0.15) is 18.1 Å². The summed E-state index contributed by atoms with van der Waals surface area (Å²) in [6, 6.07) is 5.65. The number of hydrogen-bond donors (Lipinski definition) is 1. The van der Waals surface area contributed by atoms with Crippen molar-refractivity contribution in [3.05, 3.63) is 45.8 Å². The van der Waals surface area contributed by atoms with Gasteiger partial charge in [-0.3, -0.25) is 0 Å². The molecule has 0 amide bonds. The maximum absolute atomic E-state index is 6.18. The molecule has 1 aromatic heterocycles. The van der Waals surface area contributed by atoms with Crippen molar-refractivity contribution >= 4 is 11.6 Å². The Labute approximate surface area is 117 Å². The SMILES string of the molecule is CNCc1c(Cl)cccc1OCc1c(C)noc1C. The molecule has 0 aliphatic carbocycles. The molecule has 0 aliphatic rings. The van der Waals surface area contributed by atoms with Crippen LogP contribution in [0.15, 0.2) is 22.7 Å². The first kappa shape index (κ1) is 13.9. The van der Waals surface area contributed by atoms with Crippen LogP contribution in [0.2, 0.25) is 5.02 Å². The Hall–Kier alpha value is -1.52. The fourth-order valence-corrected chi connectivity index (χ4v) is 2.11. The third kappa shape index (κ3) is 3.08. The lowest BCUT2D eigenvalue weighted by Crippen LogP contribution is -2.08. The fraction of sp³-hybridized carbons (Fsp3) is 0.357. The quantitative estimate of drug-likeness (QED) is 0.913. The highest BCUT2D eigenvalue weighted by atomic mass is 35.5. The minimum absolute atomic E-state index is 0.429. The van der Waals surface area contributed by atoms with Crippen LogP contribution in [0, 0.1) is 13.8 Å². The molecular weight excluding hydrogens is 264 g/mol. The topological polar surface area (TPSA) is 47.3 Å². The van der Waals surface area contributed by atoms with Crippen molar-refractivity contribution < 1.29 is 9.26 Å². The number of benzene rings is 1. The molecule has 4 nitrogen and oxygen atoms in total. The summed E-state index contributed by atoms with van der Waals surface area (Å²) in [5.74, 6) is 1.57. The Balaban J connectivity index is 2.18. The molecule has 0 saturated heterocycles. The van der Waals surface area contributed by atoms with Crippen molar-refractivity contribution in [3.8, 4) is 5.75 Å². The minimum atomic E-state index is 0.429. The molecule has 2 rings (SSSR count). The third-order valence-electron chi connectivity index (χ3n) is 2.98. The Morgan fingerprint density at radius 1 is 1.32 bits per heavy atom. The maximum Gasteiger partial charge on any atom is 0.140 e. The summed E-state index contributed by atoms with van der Waals surface area (Å²) < 4.78 is 11.0. The largest absolute Gasteiger partial charge is 0.488 e. The Morgan fingerprint density at radius 2 is 2.11 bits per heavy atom. The summed E-state index contributed by atoms with van der Waals surface area (Å²) in [4.78, 5) is 0. The second-order valence-corrected chi connectivity index (χ2v) is 4.75. The van der Waals surface area contributed by atoms with E-state index in [1.807, 2.05) is 39.1 Å². The summed E-state index contributed by atoms with van der Waals surface area (Å²) in [5.41, 5.74) is 2.79. The highest BCUT2D eigenvalue weighted by Crippen LogP contribution is 2.27. The Bertz CT molecular complexity index is 547. The standard InChI is InChI=1S/C14H17ClN2O2/c1-9-12(10(2)19-17-9)8-18-14-6-4-5-13(15)11(14)7-16-3/h4-6,16H,7-8H2,1-3H3. The van der Waals surface area contributed by atoms with Gasteiger partial charge in [0.25, 0.3) is 0 Å². The van der Waals surface area contributed by atoms with Gasteiger partial charge in [0, 0.05) is 17.1 Å². The van der Waals surface area contributed by atoms with Crippen molar-refractivity contribution in [2.75, 3.05) is 7.05 Å². The van der Waals surface area contributed by atoms with Gasteiger partial charge in [-0.2, -0.15) is 0 Å².